The smallest absolute Gasteiger partial charge is 0.316 e. The molecule has 8 nitrogen and oxygen atoms in total. The standard InChI is InChI=1S/C16H17ClN4O4S/c1-11(22)20-13-2-4-15(5-3-13)26(23,24)21-7-6-14(10-21)25-16-18-8-12(17)9-19-16/h2-5,8-9,14H,6-7,10H2,1H3,(H,20,22)/t14-/m1/s1. The summed E-state index contributed by atoms with van der Waals surface area (Å²) >= 11 is 5.73. The number of anilines is 1. The number of carbonyl (C=O) groups excluding carboxylic acids is 1. The number of benzene rings is 1. The number of hydrogen-bond acceptors (Lipinski definition) is 6. The number of aromatic nitrogens is 2. The van der Waals surface area contributed by atoms with E-state index in [4.69, 9.17) is 16.3 Å². The fourth-order valence-electron chi connectivity index (χ4n) is 2.59. The average molecular weight is 397 g/mol. The normalized spacial score (nSPS) is 17.8. The van der Waals surface area contributed by atoms with Crippen LogP contribution in [0.4, 0.5) is 5.69 Å². The third-order valence-electron chi connectivity index (χ3n) is 3.79. The number of nitrogens with zero attached hydrogens (tertiary/aromatic N) is 3. The first-order valence-electron chi connectivity index (χ1n) is 7.86. The second-order valence-electron chi connectivity index (χ2n) is 5.78. The minimum atomic E-state index is -3.64. The molecule has 1 N–H and O–H groups in total. The molecule has 0 saturated carbocycles. The molecule has 1 aliphatic rings. The lowest BCUT2D eigenvalue weighted by molar-refractivity contribution is -0.114. The summed E-state index contributed by atoms with van der Waals surface area (Å²) in [6.45, 7) is 1.94. The average Bonchev–Trinajstić information content (AvgIpc) is 3.06. The summed E-state index contributed by atoms with van der Waals surface area (Å²) in [6, 6.07) is 6.21. The number of sulfonamides is 1. The fraction of sp³-hybridized carbons (Fsp3) is 0.312. The minimum Gasteiger partial charge on any atom is -0.459 e. The van der Waals surface area contributed by atoms with Gasteiger partial charge in [-0.25, -0.2) is 18.4 Å². The van der Waals surface area contributed by atoms with E-state index in [0.717, 1.165) is 0 Å². The largest absolute Gasteiger partial charge is 0.459 e. The summed E-state index contributed by atoms with van der Waals surface area (Å²) in [4.78, 5) is 19.1. The van der Waals surface area contributed by atoms with Crippen LogP contribution in [0.1, 0.15) is 13.3 Å². The number of amides is 1. The highest BCUT2D eigenvalue weighted by Gasteiger charge is 2.34. The number of halogens is 1. The van der Waals surface area contributed by atoms with Crippen molar-refractivity contribution in [2.45, 2.75) is 24.3 Å². The van der Waals surface area contributed by atoms with Crippen LogP contribution < -0.4 is 10.1 Å². The third kappa shape index (κ3) is 4.29. The molecule has 1 aromatic carbocycles. The van der Waals surface area contributed by atoms with E-state index in [9.17, 15) is 13.2 Å². The first-order valence-corrected chi connectivity index (χ1v) is 9.68. The van der Waals surface area contributed by atoms with Gasteiger partial charge in [0.15, 0.2) is 0 Å². The maximum absolute atomic E-state index is 12.7. The first-order chi connectivity index (χ1) is 12.3. The van der Waals surface area contributed by atoms with Crippen molar-refractivity contribution < 1.29 is 17.9 Å². The Morgan fingerprint density at radius 1 is 1.27 bits per heavy atom. The highest BCUT2D eigenvalue weighted by atomic mass is 35.5. The van der Waals surface area contributed by atoms with E-state index in [1.807, 2.05) is 0 Å². The van der Waals surface area contributed by atoms with Gasteiger partial charge in [-0.05, 0) is 30.7 Å². The number of ether oxygens (including phenoxy) is 1. The van der Waals surface area contributed by atoms with Gasteiger partial charge in [-0.2, -0.15) is 4.31 Å². The van der Waals surface area contributed by atoms with Crippen LogP contribution in [0.5, 0.6) is 6.01 Å². The van der Waals surface area contributed by atoms with Gasteiger partial charge < -0.3 is 10.1 Å². The van der Waals surface area contributed by atoms with Crippen LogP contribution in [0.15, 0.2) is 41.6 Å². The molecule has 1 fully saturated rings. The maximum Gasteiger partial charge on any atom is 0.316 e. The second-order valence-corrected chi connectivity index (χ2v) is 8.16. The summed E-state index contributed by atoms with van der Waals surface area (Å²) in [5, 5.41) is 3.00. The lowest BCUT2D eigenvalue weighted by atomic mass is 10.3. The fourth-order valence-corrected chi connectivity index (χ4v) is 4.17. The molecule has 3 rings (SSSR count). The Balaban J connectivity index is 1.66. The summed E-state index contributed by atoms with van der Waals surface area (Å²) < 4.78 is 32.5. The van der Waals surface area contributed by atoms with E-state index in [1.54, 1.807) is 12.1 Å². The Bertz CT molecular complexity index is 887. The van der Waals surface area contributed by atoms with Gasteiger partial charge in [-0.3, -0.25) is 4.79 Å². The Hall–Kier alpha value is -2.23. The van der Waals surface area contributed by atoms with Crippen LogP contribution in [0.25, 0.3) is 0 Å². The Kier molecular flexibility index (Phi) is 5.40. The summed E-state index contributed by atoms with van der Waals surface area (Å²) in [7, 11) is -3.64. The lowest BCUT2D eigenvalue weighted by Gasteiger charge is -2.17. The van der Waals surface area contributed by atoms with Gasteiger partial charge in [-0.15, -0.1) is 0 Å². The van der Waals surface area contributed by atoms with Crippen molar-refractivity contribution in [3.63, 3.8) is 0 Å². The molecule has 0 unspecified atom stereocenters. The van der Waals surface area contributed by atoms with Crippen LogP contribution in [0.2, 0.25) is 5.02 Å². The van der Waals surface area contributed by atoms with Crippen molar-refractivity contribution >= 4 is 33.2 Å². The summed E-state index contributed by atoms with van der Waals surface area (Å²) in [5.41, 5.74) is 0.541. The summed E-state index contributed by atoms with van der Waals surface area (Å²) in [6.07, 6.45) is 3.05. The van der Waals surface area contributed by atoms with Gasteiger partial charge >= 0.3 is 6.01 Å². The molecule has 1 amide bonds. The molecule has 1 aromatic heterocycles. The number of carbonyl (C=O) groups is 1. The van der Waals surface area contributed by atoms with Crippen molar-refractivity contribution in [3.8, 4) is 6.01 Å². The van der Waals surface area contributed by atoms with Crippen molar-refractivity contribution in [2.75, 3.05) is 18.4 Å². The van der Waals surface area contributed by atoms with Gasteiger partial charge in [0.1, 0.15) is 6.10 Å². The molecule has 0 aliphatic carbocycles. The molecule has 1 aliphatic heterocycles. The molecule has 0 spiro atoms. The highest BCUT2D eigenvalue weighted by Crippen LogP contribution is 2.24. The van der Waals surface area contributed by atoms with E-state index >= 15 is 0 Å². The topological polar surface area (TPSA) is 101 Å². The molecule has 138 valence electrons. The van der Waals surface area contributed by atoms with E-state index < -0.39 is 10.0 Å². The zero-order valence-electron chi connectivity index (χ0n) is 13.9. The molecule has 26 heavy (non-hydrogen) atoms. The predicted molar refractivity (Wildman–Crippen MR) is 95.6 cm³/mol. The van der Waals surface area contributed by atoms with Crippen molar-refractivity contribution in [3.05, 3.63) is 41.7 Å². The van der Waals surface area contributed by atoms with Crippen LogP contribution in [0.3, 0.4) is 0 Å². The monoisotopic (exact) mass is 396 g/mol. The second kappa shape index (κ2) is 7.56. The SMILES string of the molecule is CC(=O)Nc1ccc(S(=O)(=O)N2CC[C@@H](Oc3ncc(Cl)cn3)C2)cc1. The molecule has 0 bridgehead atoms. The quantitative estimate of drug-likeness (QED) is 0.828. The Morgan fingerprint density at radius 3 is 2.54 bits per heavy atom. The van der Waals surface area contributed by atoms with Crippen LogP contribution in [-0.4, -0.2) is 47.8 Å². The van der Waals surface area contributed by atoms with Gasteiger partial charge in [0, 0.05) is 19.2 Å². The molecule has 1 atom stereocenters. The Morgan fingerprint density at radius 2 is 1.92 bits per heavy atom. The summed E-state index contributed by atoms with van der Waals surface area (Å²) in [5.74, 6) is -0.218. The van der Waals surface area contributed by atoms with Crippen molar-refractivity contribution in [1.29, 1.82) is 0 Å². The molecule has 2 heterocycles. The van der Waals surface area contributed by atoms with E-state index in [0.29, 0.717) is 23.7 Å². The van der Waals surface area contributed by atoms with Crippen molar-refractivity contribution in [2.24, 2.45) is 0 Å². The van der Waals surface area contributed by atoms with E-state index in [2.05, 4.69) is 15.3 Å². The molecule has 0 radical (unpaired) electrons. The maximum atomic E-state index is 12.7. The van der Waals surface area contributed by atoms with Gasteiger partial charge in [0.25, 0.3) is 0 Å². The van der Waals surface area contributed by atoms with Crippen molar-refractivity contribution in [1.82, 2.24) is 14.3 Å². The van der Waals surface area contributed by atoms with Gasteiger partial charge in [0.05, 0.1) is 28.9 Å². The van der Waals surface area contributed by atoms with Crippen LogP contribution in [0, 0.1) is 0 Å². The van der Waals surface area contributed by atoms with E-state index in [-0.39, 0.29) is 29.5 Å². The van der Waals surface area contributed by atoms with Crippen LogP contribution in [-0.2, 0) is 14.8 Å². The molecule has 2 aromatic rings. The van der Waals surface area contributed by atoms with Gasteiger partial charge in [-0.1, -0.05) is 11.6 Å². The zero-order chi connectivity index (χ0) is 18.7. The Labute approximate surface area is 156 Å². The zero-order valence-corrected chi connectivity index (χ0v) is 15.5. The number of hydrogen-bond donors (Lipinski definition) is 1. The predicted octanol–water partition coefficient (Wildman–Crippen LogP) is 1.93. The molecule has 10 heteroatoms. The molecular weight excluding hydrogens is 380 g/mol. The molecule has 1 saturated heterocycles. The molecular formula is C16H17ClN4O4S. The third-order valence-corrected chi connectivity index (χ3v) is 5.86. The first kappa shape index (κ1) is 18.6. The number of nitrogens with one attached hydrogen (secondary N) is 1. The highest BCUT2D eigenvalue weighted by molar-refractivity contribution is 7.89. The van der Waals surface area contributed by atoms with Gasteiger partial charge in [0.2, 0.25) is 15.9 Å². The van der Waals surface area contributed by atoms with Crippen LogP contribution >= 0.6 is 11.6 Å². The van der Waals surface area contributed by atoms with E-state index in [1.165, 1.54) is 35.8 Å². The minimum absolute atomic E-state index is 0.162. The number of rotatable bonds is 5. The lowest BCUT2D eigenvalue weighted by Crippen LogP contribution is -2.31.